The van der Waals surface area contributed by atoms with Crippen LogP contribution in [0.3, 0.4) is 0 Å². The van der Waals surface area contributed by atoms with E-state index in [2.05, 4.69) is 6.58 Å². The van der Waals surface area contributed by atoms with Crippen molar-refractivity contribution in [1.82, 2.24) is 0 Å². The number of rotatable bonds is 4. The molecule has 0 amide bonds. The lowest BCUT2D eigenvalue weighted by Gasteiger charge is -2.33. The van der Waals surface area contributed by atoms with E-state index in [9.17, 15) is 9.59 Å². The zero-order valence-electron chi connectivity index (χ0n) is 9.93. The van der Waals surface area contributed by atoms with Crippen LogP contribution in [-0.4, -0.2) is 43.7 Å². The third-order valence-electron chi connectivity index (χ3n) is 2.11. The molecule has 96 valence electrons. The minimum absolute atomic E-state index is 0.154. The van der Waals surface area contributed by atoms with Crippen molar-refractivity contribution in [2.24, 2.45) is 0 Å². The van der Waals surface area contributed by atoms with Gasteiger partial charge in [-0.3, -0.25) is 0 Å². The zero-order chi connectivity index (χ0) is 12.9. The normalized spacial score (nSPS) is 25.8. The summed E-state index contributed by atoms with van der Waals surface area (Å²) in [5.41, 5.74) is 0. The van der Waals surface area contributed by atoms with Crippen LogP contribution in [0.5, 0.6) is 0 Å². The Balaban J connectivity index is 2.47. The van der Waals surface area contributed by atoms with Gasteiger partial charge in [0.1, 0.15) is 6.61 Å². The molecule has 0 aromatic heterocycles. The SMILES string of the molecule is C=CC(=O)OC(C)C(=O)OC1(C)COCCO1. The second kappa shape index (κ2) is 5.79. The topological polar surface area (TPSA) is 71.1 Å². The highest BCUT2D eigenvalue weighted by atomic mass is 16.8. The lowest BCUT2D eigenvalue weighted by Crippen LogP contribution is -2.46. The number of hydrogen-bond acceptors (Lipinski definition) is 6. The molecule has 0 N–H and O–H groups in total. The van der Waals surface area contributed by atoms with Crippen molar-refractivity contribution in [3.63, 3.8) is 0 Å². The molecule has 17 heavy (non-hydrogen) atoms. The van der Waals surface area contributed by atoms with Gasteiger partial charge in [-0.05, 0) is 6.92 Å². The molecule has 0 aromatic rings. The summed E-state index contributed by atoms with van der Waals surface area (Å²) < 4.78 is 20.2. The first-order valence-corrected chi connectivity index (χ1v) is 5.24. The minimum Gasteiger partial charge on any atom is -0.447 e. The van der Waals surface area contributed by atoms with Gasteiger partial charge in [0.05, 0.1) is 13.2 Å². The Morgan fingerprint density at radius 3 is 2.71 bits per heavy atom. The predicted octanol–water partition coefficient (Wildman–Crippen LogP) is 0.410. The van der Waals surface area contributed by atoms with Crippen molar-refractivity contribution in [3.8, 4) is 0 Å². The Morgan fingerprint density at radius 1 is 1.47 bits per heavy atom. The van der Waals surface area contributed by atoms with Crippen molar-refractivity contribution in [2.75, 3.05) is 19.8 Å². The van der Waals surface area contributed by atoms with Crippen LogP contribution in [0.25, 0.3) is 0 Å². The van der Waals surface area contributed by atoms with Crippen LogP contribution in [0.1, 0.15) is 13.8 Å². The maximum atomic E-state index is 11.6. The van der Waals surface area contributed by atoms with E-state index in [1.165, 1.54) is 6.92 Å². The molecule has 1 aliphatic rings. The smallest absolute Gasteiger partial charge is 0.349 e. The predicted molar refractivity (Wildman–Crippen MR) is 57.0 cm³/mol. The third kappa shape index (κ3) is 4.16. The summed E-state index contributed by atoms with van der Waals surface area (Å²) in [5, 5.41) is 0. The van der Waals surface area contributed by atoms with Gasteiger partial charge in [-0.2, -0.15) is 0 Å². The molecule has 6 heteroatoms. The van der Waals surface area contributed by atoms with Crippen molar-refractivity contribution < 1.29 is 28.5 Å². The molecular formula is C11H16O6. The van der Waals surface area contributed by atoms with E-state index in [1.807, 2.05) is 0 Å². The number of carbonyl (C=O) groups is 2. The average molecular weight is 244 g/mol. The first-order chi connectivity index (χ1) is 7.97. The van der Waals surface area contributed by atoms with E-state index in [-0.39, 0.29) is 6.61 Å². The van der Waals surface area contributed by atoms with Crippen molar-refractivity contribution in [3.05, 3.63) is 12.7 Å². The van der Waals surface area contributed by atoms with Crippen LogP contribution in [0.15, 0.2) is 12.7 Å². The lowest BCUT2D eigenvalue weighted by molar-refractivity contribution is -0.274. The fourth-order valence-electron chi connectivity index (χ4n) is 1.24. The molecular weight excluding hydrogens is 228 g/mol. The summed E-state index contributed by atoms with van der Waals surface area (Å²) in [5.74, 6) is -2.49. The maximum absolute atomic E-state index is 11.6. The fourth-order valence-corrected chi connectivity index (χ4v) is 1.24. The average Bonchev–Trinajstić information content (AvgIpc) is 2.29. The van der Waals surface area contributed by atoms with E-state index in [4.69, 9.17) is 18.9 Å². The van der Waals surface area contributed by atoms with Crippen LogP contribution >= 0.6 is 0 Å². The summed E-state index contributed by atoms with van der Waals surface area (Å²) in [6, 6.07) is 0. The second-order valence-electron chi connectivity index (χ2n) is 3.74. The molecule has 2 unspecified atom stereocenters. The molecule has 0 aromatic carbocycles. The Labute approximate surface area is 99.5 Å². The van der Waals surface area contributed by atoms with E-state index in [0.29, 0.717) is 13.2 Å². The molecule has 1 fully saturated rings. The van der Waals surface area contributed by atoms with Gasteiger partial charge in [0.25, 0.3) is 0 Å². The van der Waals surface area contributed by atoms with Gasteiger partial charge in [-0.1, -0.05) is 6.58 Å². The molecule has 1 aliphatic heterocycles. The van der Waals surface area contributed by atoms with Crippen molar-refractivity contribution in [2.45, 2.75) is 25.7 Å². The number of esters is 2. The van der Waals surface area contributed by atoms with E-state index < -0.39 is 23.8 Å². The highest BCUT2D eigenvalue weighted by Gasteiger charge is 2.35. The second-order valence-corrected chi connectivity index (χ2v) is 3.74. The number of carbonyl (C=O) groups excluding carboxylic acids is 2. The summed E-state index contributed by atoms with van der Waals surface area (Å²) >= 11 is 0. The molecule has 0 aliphatic carbocycles. The van der Waals surface area contributed by atoms with Gasteiger partial charge in [0.15, 0.2) is 6.10 Å². The van der Waals surface area contributed by atoms with Crippen LogP contribution in [-0.2, 0) is 28.5 Å². The summed E-state index contributed by atoms with van der Waals surface area (Å²) in [7, 11) is 0. The van der Waals surface area contributed by atoms with Gasteiger partial charge in [0.2, 0.25) is 5.79 Å². The zero-order valence-corrected chi connectivity index (χ0v) is 9.93. The largest absolute Gasteiger partial charge is 0.447 e. The molecule has 1 heterocycles. The van der Waals surface area contributed by atoms with Gasteiger partial charge in [0, 0.05) is 13.0 Å². The van der Waals surface area contributed by atoms with Gasteiger partial charge < -0.3 is 18.9 Å². The van der Waals surface area contributed by atoms with Gasteiger partial charge in [-0.15, -0.1) is 0 Å². The molecule has 0 bridgehead atoms. The quantitative estimate of drug-likeness (QED) is 0.527. The van der Waals surface area contributed by atoms with Crippen molar-refractivity contribution >= 4 is 11.9 Å². The highest BCUT2D eigenvalue weighted by molar-refractivity contribution is 5.85. The van der Waals surface area contributed by atoms with Gasteiger partial charge >= 0.3 is 11.9 Å². The lowest BCUT2D eigenvalue weighted by atomic mass is 10.3. The fraction of sp³-hybridized carbons (Fsp3) is 0.636. The van der Waals surface area contributed by atoms with E-state index in [1.54, 1.807) is 6.92 Å². The molecule has 2 atom stereocenters. The molecule has 1 saturated heterocycles. The van der Waals surface area contributed by atoms with E-state index >= 15 is 0 Å². The molecule has 0 saturated carbocycles. The van der Waals surface area contributed by atoms with Crippen LogP contribution < -0.4 is 0 Å². The standard InChI is InChI=1S/C11H16O6/c1-4-9(12)16-8(2)10(13)17-11(3)7-14-5-6-15-11/h4,8H,1,5-7H2,2-3H3. The first kappa shape index (κ1) is 13.7. The van der Waals surface area contributed by atoms with Crippen LogP contribution in [0.4, 0.5) is 0 Å². The molecule has 1 rings (SSSR count). The van der Waals surface area contributed by atoms with Crippen LogP contribution in [0, 0.1) is 0 Å². The Morgan fingerprint density at radius 2 is 2.18 bits per heavy atom. The monoisotopic (exact) mass is 244 g/mol. The Hall–Kier alpha value is -1.40. The third-order valence-corrected chi connectivity index (χ3v) is 2.11. The summed E-state index contributed by atoms with van der Waals surface area (Å²) in [4.78, 5) is 22.5. The summed E-state index contributed by atoms with van der Waals surface area (Å²) in [6.45, 7) is 7.21. The Bertz CT molecular complexity index is 305. The number of ether oxygens (including phenoxy) is 4. The first-order valence-electron chi connectivity index (χ1n) is 5.24. The highest BCUT2D eigenvalue weighted by Crippen LogP contribution is 2.18. The van der Waals surface area contributed by atoms with Crippen LogP contribution in [0.2, 0.25) is 0 Å². The molecule has 0 spiro atoms. The van der Waals surface area contributed by atoms with E-state index in [0.717, 1.165) is 6.08 Å². The summed E-state index contributed by atoms with van der Waals surface area (Å²) in [6.07, 6.45) is -0.0334. The maximum Gasteiger partial charge on any atom is 0.349 e. The molecule has 6 nitrogen and oxygen atoms in total. The van der Waals surface area contributed by atoms with Gasteiger partial charge in [-0.25, -0.2) is 9.59 Å². The minimum atomic E-state index is -1.12. The van der Waals surface area contributed by atoms with Crippen molar-refractivity contribution in [1.29, 1.82) is 0 Å². The number of hydrogen-bond donors (Lipinski definition) is 0. The molecule has 0 radical (unpaired) electrons. The Kier molecular flexibility index (Phi) is 4.65.